The summed E-state index contributed by atoms with van der Waals surface area (Å²) < 4.78 is 0. The number of carboxylic acid groups (broad SMARTS) is 3. The van der Waals surface area contributed by atoms with Gasteiger partial charge in [0.1, 0.15) is 0 Å². The molecule has 7 aromatic heterocycles. The van der Waals surface area contributed by atoms with Crippen molar-refractivity contribution in [1.82, 2.24) is 34.9 Å². The second-order valence-corrected chi connectivity index (χ2v) is 11.0. The Labute approximate surface area is 374 Å². The summed E-state index contributed by atoms with van der Waals surface area (Å²) in [5.41, 5.74) is 4.24. The molecule has 0 saturated carbocycles. The zero-order valence-corrected chi connectivity index (χ0v) is 35.6. The van der Waals surface area contributed by atoms with Crippen molar-refractivity contribution in [2.24, 2.45) is 0 Å². The third-order valence-corrected chi connectivity index (χ3v) is 7.38. The largest absolute Gasteiger partial charge is 3.00 e. The van der Waals surface area contributed by atoms with E-state index in [1.54, 1.807) is 43.0 Å². The van der Waals surface area contributed by atoms with E-state index in [0.29, 0.717) is 0 Å². The molecule has 0 aliphatic rings. The van der Waals surface area contributed by atoms with Crippen LogP contribution in [-0.4, -0.2) is 69.2 Å². The van der Waals surface area contributed by atoms with Gasteiger partial charge in [0.05, 0.1) is 40.0 Å². The predicted molar refractivity (Wildman–Crippen MR) is 220 cm³/mol. The summed E-state index contributed by atoms with van der Waals surface area (Å²) in [5.74, 6) is -3.57. The van der Waals surface area contributed by atoms with Gasteiger partial charge in [-0.1, -0.05) is 66.7 Å². The van der Waals surface area contributed by atoms with Crippen LogP contribution in [0.1, 0.15) is 31.1 Å². The van der Waals surface area contributed by atoms with Gasteiger partial charge in [-0.2, -0.15) is 0 Å². The fourth-order valence-corrected chi connectivity index (χ4v) is 4.81. The molecule has 2 aromatic carbocycles. The minimum atomic E-state index is -1.19. The molecule has 0 unspecified atom stereocenters. The molecule has 19 heteroatoms. The summed E-state index contributed by atoms with van der Waals surface area (Å²) in [5, 5.41) is 34.7. The van der Waals surface area contributed by atoms with Gasteiger partial charge < -0.3 is 57.1 Å². The molecule has 0 spiro atoms. The number of nitrogens with zero attached hydrogens (tertiary/aromatic N) is 7. The molecule has 0 aliphatic carbocycles. The molecule has 0 aliphatic heterocycles. The molecule has 7 heterocycles. The third kappa shape index (κ3) is 16.6. The monoisotopic (exact) mass is 957 g/mol. The summed E-state index contributed by atoms with van der Waals surface area (Å²) in [4.78, 5) is 58.3. The van der Waals surface area contributed by atoms with Crippen molar-refractivity contribution >= 4 is 61.5 Å². The van der Waals surface area contributed by atoms with Crippen LogP contribution in [-0.2, 0) is 11.0 Å². The normalized spacial score (nSPS) is 8.92. The minimum Gasteiger partial charge on any atom is -0.545 e. The van der Waals surface area contributed by atoms with Gasteiger partial charge in [0, 0.05) is 100 Å². The molecule has 9 aromatic rings. The van der Waals surface area contributed by atoms with E-state index < -0.39 is 17.9 Å². The fourth-order valence-electron chi connectivity index (χ4n) is 4.81. The number of rotatable bonds is 3. The van der Waals surface area contributed by atoms with Crippen molar-refractivity contribution in [2.45, 2.75) is 0 Å². The average Bonchev–Trinajstić information content (AvgIpc) is 3.25. The molecular weight excluding hydrogens is 917 g/mol. The molecule has 310 valence electrons. The first kappa shape index (κ1) is 56.0. The smallest absolute Gasteiger partial charge is 0.545 e. The van der Waals surface area contributed by atoms with Crippen molar-refractivity contribution in [1.29, 1.82) is 0 Å². The maximum Gasteiger partial charge on any atom is 3.00 e. The predicted octanol–water partition coefficient (Wildman–Crippen LogP) is -0.417. The zero-order valence-electron chi connectivity index (χ0n) is 32.0. The number of aromatic carboxylic acids is 3. The topological polar surface area (TPSA) is 371 Å². The van der Waals surface area contributed by atoms with E-state index >= 15 is 0 Å². The number of carbonyl (C=O) groups is 3. The zero-order chi connectivity index (χ0) is 38.8. The van der Waals surface area contributed by atoms with Gasteiger partial charge in [-0.3, -0.25) is 34.9 Å². The molecule has 18 nitrogen and oxygen atoms in total. The second-order valence-electron chi connectivity index (χ2n) is 11.0. The van der Waals surface area contributed by atoms with Crippen molar-refractivity contribution < 1.29 is 92.7 Å². The molecule has 0 saturated heterocycles. The van der Waals surface area contributed by atoms with Gasteiger partial charge >= 0.3 is 35.6 Å². The number of carbonyl (C=O) groups excluding carboxylic acids is 3. The van der Waals surface area contributed by atoms with Crippen molar-refractivity contribution in [3.05, 3.63) is 188 Å². The van der Waals surface area contributed by atoms with Crippen LogP contribution in [0, 0.1) is 35.6 Å². The molecule has 9 rings (SSSR count). The van der Waals surface area contributed by atoms with Crippen LogP contribution in [0.25, 0.3) is 43.6 Å². The van der Waals surface area contributed by atoms with Crippen LogP contribution in [0.2, 0.25) is 0 Å². The Kier molecular flexibility index (Phi) is 26.8. The van der Waals surface area contributed by atoms with Crippen LogP contribution in [0.3, 0.4) is 0 Å². The van der Waals surface area contributed by atoms with Crippen molar-refractivity contribution in [3.8, 4) is 0 Å². The number of benzene rings is 2. The van der Waals surface area contributed by atoms with E-state index in [4.69, 9.17) is 0 Å². The van der Waals surface area contributed by atoms with Gasteiger partial charge in [0.25, 0.3) is 0 Å². The summed E-state index contributed by atoms with van der Waals surface area (Å²) >= 11 is 0. The Bertz CT molecular complexity index is 2330. The first-order chi connectivity index (χ1) is 26.8. The molecule has 0 amide bonds. The van der Waals surface area contributed by atoms with E-state index in [-0.39, 0.29) is 79.7 Å². The Morgan fingerprint density at radius 3 is 0.721 bits per heavy atom. The molecular formula is C42H40LaN7O11+2. The SMILES string of the molecule is O.O.O.O=C([O-])c1cccnc1.O=C([O-])c1cccnc1.O=C([O-])c1cccnc1.[La+3].[OH3+].[OH3+].c1cnc2c(c1)ccc1cccnc12.c1cnc2c(c1)ccc1cccnc12. The summed E-state index contributed by atoms with van der Waals surface area (Å²) in [6.45, 7) is 0. The van der Waals surface area contributed by atoms with Crippen LogP contribution < -0.4 is 15.3 Å². The fraction of sp³-hybridized carbons (Fsp3) is 0. The molecule has 0 fully saturated rings. The Balaban J connectivity index is 0. The number of pyridine rings is 7. The van der Waals surface area contributed by atoms with Gasteiger partial charge in [-0.05, 0) is 42.5 Å². The maximum atomic E-state index is 10.0. The number of hydrogen-bond donors (Lipinski definition) is 0. The molecule has 0 atom stereocenters. The standard InChI is InChI=1S/2C12H8N2.3C6H5NO2.La.5H2O/c2*1-3-9-5-6-10-4-2-8-14-12(10)11(9)13-7-1;3*8-6(9)5-2-1-3-7-4-5;;;;;;/h2*1-8H;3*1-4H,(H,8,9);;5*1H2/q;;;;;+3;;;;;/p-1. The van der Waals surface area contributed by atoms with Crippen LogP contribution >= 0.6 is 0 Å². The van der Waals surface area contributed by atoms with E-state index in [0.717, 1.165) is 43.6 Å². The number of fused-ring (bicyclic) bond motifs is 6. The van der Waals surface area contributed by atoms with Gasteiger partial charge in [-0.25, -0.2) is 0 Å². The average molecular weight is 958 g/mol. The number of aromatic nitrogens is 7. The Hall–Kier alpha value is -7.07. The third-order valence-electron chi connectivity index (χ3n) is 7.38. The van der Waals surface area contributed by atoms with Crippen molar-refractivity contribution in [3.63, 3.8) is 0 Å². The number of hydrogen-bond acceptors (Lipinski definition) is 13. The molecule has 0 radical (unpaired) electrons. The van der Waals surface area contributed by atoms with Crippen LogP contribution in [0.5, 0.6) is 0 Å². The maximum absolute atomic E-state index is 10.0. The first-order valence-corrected chi connectivity index (χ1v) is 16.3. The Morgan fingerprint density at radius 1 is 0.344 bits per heavy atom. The minimum absolute atomic E-state index is 0. The van der Waals surface area contributed by atoms with Crippen molar-refractivity contribution in [2.75, 3.05) is 0 Å². The molecule has 61 heavy (non-hydrogen) atoms. The Morgan fingerprint density at radius 2 is 0.557 bits per heavy atom. The van der Waals surface area contributed by atoms with Gasteiger partial charge in [-0.15, -0.1) is 0 Å². The number of carboxylic acids is 3. The first-order valence-electron chi connectivity index (χ1n) is 16.3. The summed E-state index contributed by atoms with van der Waals surface area (Å²) in [6.07, 6.45) is 15.5. The second kappa shape index (κ2) is 29.2. The van der Waals surface area contributed by atoms with E-state index in [1.807, 2.05) is 24.3 Å². The molecule has 12 N–H and O–H groups in total. The van der Waals surface area contributed by atoms with E-state index in [1.165, 1.54) is 55.4 Å². The summed E-state index contributed by atoms with van der Waals surface area (Å²) in [7, 11) is 0. The van der Waals surface area contributed by atoms with Crippen LogP contribution in [0.15, 0.2) is 171 Å². The van der Waals surface area contributed by atoms with E-state index in [9.17, 15) is 29.7 Å². The van der Waals surface area contributed by atoms with Gasteiger partial charge in [0.15, 0.2) is 0 Å². The van der Waals surface area contributed by atoms with Crippen LogP contribution in [0.4, 0.5) is 0 Å². The van der Waals surface area contributed by atoms with E-state index in [2.05, 4.69) is 83.4 Å². The van der Waals surface area contributed by atoms with Gasteiger partial charge in [0.2, 0.25) is 0 Å². The summed E-state index contributed by atoms with van der Waals surface area (Å²) in [6, 6.07) is 33.2. The quantitative estimate of drug-likeness (QED) is 0.161. The molecule has 0 bridgehead atoms.